The van der Waals surface area contributed by atoms with Crippen molar-refractivity contribution in [3.63, 3.8) is 0 Å². The van der Waals surface area contributed by atoms with E-state index < -0.39 is 67.8 Å². The number of hydrogen-bond acceptors (Lipinski definition) is 7. The molecule has 6 atom stereocenters. The average molecular weight is 750 g/mol. The highest BCUT2D eigenvalue weighted by atomic mass is 32.2. The van der Waals surface area contributed by atoms with Crippen LogP contribution in [0.2, 0.25) is 0 Å². The third-order valence-corrected chi connectivity index (χ3v) is 15.8. The highest BCUT2D eigenvalue weighted by Gasteiger charge is 2.70. The second-order valence-corrected chi connectivity index (χ2v) is 19.6. The maximum Gasteiger partial charge on any atom is 0.315 e. The maximum atomic E-state index is 14.9. The van der Waals surface area contributed by atoms with Crippen molar-refractivity contribution in [2.45, 2.75) is 180 Å². The first-order chi connectivity index (χ1) is 23.6. The lowest BCUT2D eigenvalue weighted by Gasteiger charge is -2.45. The lowest BCUT2D eigenvalue weighted by Crippen LogP contribution is -2.66. The summed E-state index contributed by atoms with van der Waals surface area (Å²) in [5.74, 6) is -1.99. The summed E-state index contributed by atoms with van der Waals surface area (Å²) in [5, 5.41) is 11.2. The average Bonchev–Trinajstić information content (AvgIpc) is 3.85. The Labute approximate surface area is 312 Å². The van der Waals surface area contributed by atoms with E-state index in [4.69, 9.17) is 0 Å². The first-order valence-corrected chi connectivity index (χ1v) is 21.1. The van der Waals surface area contributed by atoms with Gasteiger partial charge in [-0.2, -0.15) is 0 Å². The van der Waals surface area contributed by atoms with Crippen LogP contribution in [-0.2, 0) is 29.0 Å². The zero-order valence-electron chi connectivity index (χ0n) is 30.5. The number of nitrogens with zero attached hydrogens (tertiary/aromatic N) is 1. The monoisotopic (exact) mass is 749 g/mol. The molecule has 0 spiro atoms. The third-order valence-electron chi connectivity index (χ3n) is 13.4. The Bertz CT molecular complexity index is 1460. The van der Waals surface area contributed by atoms with Crippen LogP contribution >= 0.6 is 0 Å². The molecule has 5 amide bonds. The molecule has 52 heavy (non-hydrogen) atoms. The van der Waals surface area contributed by atoms with E-state index in [9.17, 15) is 32.4 Å². The van der Waals surface area contributed by atoms with Gasteiger partial charge in [0.15, 0.2) is 9.84 Å². The molecule has 4 saturated carbocycles. The normalized spacial score (nSPS) is 30.2. The molecule has 2 heterocycles. The van der Waals surface area contributed by atoms with Crippen molar-refractivity contribution in [1.29, 1.82) is 0 Å². The largest absolute Gasteiger partial charge is 0.347 e. The molecule has 296 valence electrons. The van der Waals surface area contributed by atoms with E-state index in [2.05, 4.69) is 35.1 Å². The van der Waals surface area contributed by atoms with Gasteiger partial charge in [0.25, 0.3) is 5.91 Å². The molecule has 0 bridgehead atoms. The van der Waals surface area contributed by atoms with Gasteiger partial charge in [-0.15, -0.1) is 0 Å². The number of likely N-dealkylation sites (tertiary alicyclic amines) is 1. The molecule has 6 rings (SSSR count). The van der Waals surface area contributed by atoms with Gasteiger partial charge in [0.2, 0.25) is 17.6 Å². The zero-order chi connectivity index (χ0) is 36.1. The van der Waals surface area contributed by atoms with Gasteiger partial charge >= 0.3 is 6.03 Å². The van der Waals surface area contributed by atoms with Crippen LogP contribution in [0.5, 0.6) is 0 Å². The Morgan fingerprint density at radius 3 is 2.00 bits per heavy atom. The highest BCUT2D eigenvalue weighted by molar-refractivity contribution is 7.92. The summed E-state index contributed by atoms with van der Waals surface area (Å²) in [5.41, 5.74) is -1.61. The molecular weight excluding hydrogens is 683 g/mol. The van der Waals surface area contributed by atoms with E-state index in [0.717, 1.165) is 64.2 Å². The zero-order valence-corrected chi connectivity index (χ0v) is 31.3. The van der Waals surface area contributed by atoms with Crippen molar-refractivity contribution in [3.05, 3.63) is 0 Å². The quantitative estimate of drug-likeness (QED) is 0.208. The van der Waals surface area contributed by atoms with Gasteiger partial charge < -0.3 is 26.2 Å². The number of rotatable bonds is 12. The van der Waals surface area contributed by atoms with E-state index in [1.165, 1.54) is 0 Å². The van der Waals surface area contributed by atoms with Gasteiger partial charge in [-0.25, -0.2) is 13.2 Å². The number of fused-ring (bicyclic) bond motifs is 1. The Hall–Kier alpha value is -2.70. The number of urea groups is 1. The minimum absolute atomic E-state index is 0. The summed E-state index contributed by atoms with van der Waals surface area (Å²) in [7, 11) is -3.35. The van der Waals surface area contributed by atoms with Crippen molar-refractivity contribution in [3.8, 4) is 0 Å². The van der Waals surface area contributed by atoms with E-state index in [-0.39, 0.29) is 49.8 Å². The molecule has 4 N–H and O–H groups in total. The molecular formula is C39H67N5O7S. The molecule has 2 aliphatic heterocycles. The van der Waals surface area contributed by atoms with Gasteiger partial charge in [-0.3, -0.25) is 19.2 Å². The summed E-state index contributed by atoms with van der Waals surface area (Å²) in [6.07, 6.45) is 11.9. The van der Waals surface area contributed by atoms with Gasteiger partial charge in [0.05, 0.1) is 22.6 Å². The Morgan fingerprint density at radius 1 is 0.827 bits per heavy atom. The molecule has 4 aliphatic carbocycles. The second-order valence-electron chi connectivity index (χ2n) is 17.3. The van der Waals surface area contributed by atoms with Crippen LogP contribution in [0.25, 0.3) is 0 Å². The van der Waals surface area contributed by atoms with Crippen LogP contribution in [0.3, 0.4) is 0 Å². The van der Waals surface area contributed by atoms with Crippen LogP contribution in [0, 0.1) is 22.7 Å². The number of carbonyl (C=O) groups is 5. The number of Topliss-reactive ketones (excluding diaryl/α,β-unsaturated/α-hetero) is 1. The van der Waals surface area contributed by atoms with E-state index in [1.54, 1.807) is 4.90 Å². The molecule has 0 unspecified atom stereocenters. The summed E-state index contributed by atoms with van der Waals surface area (Å²) in [6, 6.07) is -3.26. The van der Waals surface area contributed by atoms with Crippen molar-refractivity contribution in [2.75, 3.05) is 12.3 Å². The Balaban J connectivity index is 0.00000302. The molecule has 0 aromatic rings. The molecule has 13 heteroatoms. The van der Waals surface area contributed by atoms with Gasteiger partial charge in [0, 0.05) is 12.6 Å². The number of hydrogen-bond donors (Lipinski definition) is 4. The summed E-state index contributed by atoms with van der Waals surface area (Å²) in [4.78, 5) is 70.7. The van der Waals surface area contributed by atoms with Crippen LogP contribution in [-0.4, -0.2) is 90.1 Å². The standard InChI is InChI=1S/C37H59N5O7S.2CH4/c1-5-13-25(29(43)32(45)38-23-15-16-23)39-31(44)28-27-24(35(27,2)3)22-42(28)33(46)30(36(4)17-8-6-9-18-36)40-34(47)41-37(19-10-7-11-20-37)26-14-12-21-50(26,48)49;;/h23-28,30H,5-22H2,1-4H3,(H,38,45)(H,39,44)(H2,40,41,47);2*1H4/t24-,25-,26-,27-,28-,30+;;/m0../s1. The fourth-order valence-corrected chi connectivity index (χ4v) is 12.5. The number of ketones is 1. The second kappa shape index (κ2) is 16.0. The fraction of sp³-hybridized carbons (Fsp3) is 0.872. The predicted molar refractivity (Wildman–Crippen MR) is 202 cm³/mol. The first-order valence-electron chi connectivity index (χ1n) is 19.4. The lowest BCUT2D eigenvalue weighted by atomic mass is 9.70. The minimum atomic E-state index is -3.35. The number of carbonyl (C=O) groups excluding carboxylic acids is 5. The maximum absolute atomic E-state index is 14.9. The number of piperidine rings is 1. The number of sulfone groups is 1. The topological polar surface area (TPSA) is 171 Å². The molecule has 2 saturated heterocycles. The molecule has 6 fully saturated rings. The van der Waals surface area contributed by atoms with Crippen molar-refractivity contribution < 1.29 is 32.4 Å². The van der Waals surface area contributed by atoms with E-state index >= 15 is 0 Å². The summed E-state index contributed by atoms with van der Waals surface area (Å²) < 4.78 is 26.3. The Kier molecular flexibility index (Phi) is 12.9. The van der Waals surface area contributed by atoms with E-state index in [1.807, 2.05) is 13.8 Å². The van der Waals surface area contributed by atoms with Crippen molar-refractivity contribution in [1.82, 2.24) is 26.2 Å². The first kappa shape index (κ1) is 42.0. The lowest BCUT2D eigenvalue weighted by molar-refractivity contribution is -0.146. The van der Waals surface area contributed by atoms with Crippen LogP contribution < -0.4 is 21.3 Å². The highest BCUT2D eigenvalue weighted by Crippen LogP contribution is 2.65. The summed E-state index contributed by atoms with van der Waals surface area (Å²) in [6.45, 7) is 8.48. The SMILES string of the molecule is C.C.CCC[C@H](NC(=O)[C@@H]1[C@@H]2[C@H](CN1C(=O)[C@@H](NC(=O)NC1([C@@H]3CCCS3(=O)=O)CCCCC1)C1(C)CCCCC1)C2(C)C)C(=O)C(=O)NC1CC1. The van der Waals surface area contributed by atoms with Gasteiger partial charge in [-0.1, -0.05) is 87.5 Å². The van der Waals surface area contributed by atoms with Gasteiger partial charge in [-0.05, 0) is 80.5 Å². The predicted octanol–water partition coefficient (Wildman–Crippen LogP) is 4.79. The molecule has 0 aromatic carbocycles. The van der Waals surface area contributed by atoms with Crippen molar-refractivity contribution in [2.24, 2.45) is 22.7 Å². The fourth-order valence-electron chi connectivity index (χ4n) is 10.1. The van der Waals surface area contributed by atoms with Crippen LogP contribution in [0.4, 0.5) is 4.79 Å². The third kappa shape index (κ3) is 8.19. The van der Waals surface area contributed by atoms with Crippen molar-refractivity contribution >= 4 is 39.4 Å². The molecule has 0 aromatic heterocycles. The number of amides is 5. The van der Waals surface area contributed by atoms with Gasteiger partial charge in [0.1, 0.15) is 12.1 Å². The van der Waals surface area contributed by atoms with Crippen LogP contribution in [0.15, 0.2) is 0 Å². The molecule has 0 radical (unpaired) electrons. The minimum Gasteiger partial charge on any atom is -0.347 e. The smallest absolute Gasteiger partial charge is 0.315 e. The van der Waals surface area contributed by atoms with Crippen LogP contribution in [0.1, 0.15) is 145 Å². The summed E-state index contributed by atoms with van der Waals surface area (Å²) >= 11 is 0. The molecule has 12 nitrogen and oxygen atoms in total. The number of nitrogens with one attached hydrogen (secondary N) is 4. The molecule has 6 aliphatic rings. The van der Waals surface area contributed by atoms with E-state index in [0.29, 0.717) is 45.1 Å². The Morgan fingerprint density at radius 2 is 1.44 bits per heavy atom.